The average molecular weight is 232 g/mol. The van der Waals surface area contributed by atoms with Crippen LogP contribution in [-0.2, 0) is 0 Å². The fourth-order valence-electron chi connectivity index (χ4n) is 1.67. The highest BCUT2D eigenvalue weighted by atomic mass is 16.5. The minimum atomic E-state index is -0.510. The van der Waals surface area contributed by atoms with E-state index in [1.54, 1.807) is 19.2 Å². The summed E-state index contributed by atoms with van der Waals surface area (Å²) >= 11 is 0. The highest BCUT2D eigenvalue weighted by molar-refractivity contribution is 5.63. The van der Waals surface area contributed by atoms with Crippen molar-refractivity contribution in [3.8, 4) is 16.9 Å². The second kappa shape index (κ2) is 4.29. The molecule has 0 spiro atoms. The first-order valence-corrected chi connectivity index (χ1v) is 5.09. The van der Waals surface area contributed by atoms with E-state index < -0.39 is 11.2 Å². The summed E-state index contributed by atoms with van der Waals surface area (Å²) in [6.45, 7) is 1.89. The summed E-state index contributed by atoms with van der Waals surface area (Å²) in [5.41, 5.74) is 1.18. The van der Waals surface area contributed by atoms with E-state index in [9.17, 15) is 9.59 Å². The number of rotatable bonds is 2. The fraction of sp³-hybridized carbons (Fsp3) is 0.167. The fourth-order valence-corrected chi connectivity index (χ4v) is 1.67. The van der Waals surface area contributed by atoms with Crippen LogP contribution < -0.4 is 16.0 Å². The lowest BCUT2D eigenvalue weighted by molar-refractivity contribution is 0.412. The molecule has 2 aromatic rings. The van der Waals surface area contributed by atoms with Crippen LogP contribution >= 0.6 is 0 Å². The molecule has 0 aliphatic rings. The highest BCUT2D eigenvalue weighted by Crippen LogP contribution is 2.23. The second-order valence-electron chi connectivity index (χ2n) is 3.67. The van der Waals surface area contributed by atoms with Crippen molar-refractivity contribution in [3.63, 3.8) is 0 Å². The van der Waals surface area contributed by atoms with Gasteiger partial charge in [0.05, 0.1) is 12.7 Å². The maximum absolute atomic E-state index is 11.6. The van der Waals surface area contributed by atoms with Gasteiger partial charge >= 0.3 is 5.69 Å². The Balaban J connectivity index is 2.57. The van der Waals surface area contributed by atoms with Crippen LogP contribution in [0.5, 0.6) is 5.75 Å². The zero-order valence-corrected chi connectivity index (χ0v) is 9.53. The number of benzene rings is 1. The van der Waals surface area contributed by atoms with Gasteiger partial charge in [0.25, 0.3) is 5.56 Å². The van der Waals surface area contributed by atoms with Crippen molar-refractivity contribution >= 4 is 0 Å². The molecule has 0 amide bonds. The van der Waals surface area contributed by atoms with Crippen LogP contribution in [-0.4, -0.2) is 17.1 Å². The Hall–Kier alpha value is -2.30. The van der Waals surface area contributed by atoms with Crippen molar-refractivity contribution in [2.24, 2.45) is 0 Å². The SMILES string of the molecule is COc1ccc(-c2c[nH]c(=O)[nH]c2=O)cc1C. The Morgan fingerprint density at radius 3 is 2.59 bits per heavy atom. The maximum atomic E-state index is 11.6. The summed E-state index contributed by atoms with van der Waals surface area (Å²) in [7, 11) is 1.59. The van der Waals surface area contributed by atoms with Crippen LogP contribution in [0.3, 0.4) is 0 Å². The van der Waals surface area contributed by atoms with Gasteiger partial charge in [0, 0.05) is 6.20 Å². The van der Waals surface area contributed by atoms with Gasteiger partial charge in [0.2, 0.25) is 0 Å². The summed E-state index contributed by atoms with van der Waals surface area (Å²) in [4.78, 5) is 27.1. The lowest BCUT2D eigenvalue weighted by Gasteiger charge is -2.06. The first kappa shape index (κ1) is 11.2. The summed E-state index contributed by atoms with van der Waals surface area (Å²) in [6.07, 6.45) is 1.41. The van der Waals surface area contributed by atoms with Gasteiger partial charge in [-0.2, -0.15) is 0 Å². The Bertz CT molecular complexity index is 655. The number of methoxy groups -OCH3 is 1. The second-order valence-corrected chi connectivity index (χ2v) is 3.67. The molecule has 0 fully saturated rings. The Labute approximate surface area is 97.1 Å². The average Bonchev–Trinajstić information content (AvgIpc) is 2.29. The van der Waals surface area contributed by atoms with Crippen molar-refractivity contribution in [2.75, 3.05) is 7.11 Å². The molecule has 0 aliphatic carbocycles. The Morgan fingerprint density at radius 2 is 2.00 bits per heavy atom. The number of ether oxygens (including phenoxy) is 1. The standard InChI is InChI=1S/C12H12N2O3/c1-7-5-8(3-4-10(7)17-2)9-6-13-12(16)14-11(9)15/h3-6H,1-2H3,(H2,13,14,15,16). The van der Waals surface area contributed by atoms with Crippen LogP contribution in [0.15, 0.2) is 34.0 Å². The van der Waals surface area contributed by atoms with Gasteiger partial charge in [-0.05, 0) is 30.2 Å². The van der Waals surface area contributed by atoms with Crippen LogP contribution in [0.25, 0.3) is 11.1 Å². The first-order chi connectivity index (χ1) is 8.11. The topological polar surface area (TPSA) is 75.0 Å². The van der Waals surface area contributed by atoms with E-state index in [0.29, 0.717) is 5.56 Å². The molecule has 1 aromatic heterocycles. The molecule has 0 saturated carbocycles. The van der Waals surface area contributed by atoms with Gasteiger partial charge in [0.1, 0.15) is 5.75 Å². The van der Waals surface area contributed by atoms with Crippen LogP contribution in [0.4, 0.5) is 0 Å². The molecule has 0 bridgehead atoms. The van der Waals surface area contributed by atoms with E-state index in [-0.39, 0.29) is 0 Å². The highest BCUT2D eigenvalue weighted by Gasteiger charge is 2.06. The lowest BCUT2D eigenvalue weighted by atomic mass is 10.1. The number of H-pyrrole nitrogens is 2. The number of aryl methyl sites for hydroxylation is 1. The predicted octanol–water partition coefficient (Wildman–Crippen LogP) is 1.05. The lowest BCUT2D eigenvalue weighted by Crippen LogP contribution is -2.22. The van der Waals surface area contributed by atoms with Crippen LogP contribution in [0.1, 0.15) is 5.56 Å². The molecular formula is C12H12N2O3. The van der Waals surface area contributed by atoms with Gasteiger partial charge in [-0.25, -0.2) is 4.79 Å². The van der Waals surface area contributed by atoms with Gasteiger partial charge in [-0.3, -0.25) is 9.78 Å². The zero-order valence-electron chi connectivity index (χ0n) is 9.53. The molecule has 2 N–H and O–H groups in total. The van der Waals surface area contributed by atoms with Gasteiger partial charge in [-0.1, -0.05) is 6.07 Å². The monoisotopic (exact) mass is 232 g/mol. The number of aromatic nitrogens is 2. The van der Waals surface area contributed by atoms with E-state index >= 15 is 0 Å². The number of hydrogen-bond acceptors (Lipinski definition) is 3. The van der Waals surface area contributed by atoms with E-state index in [1.165, 1.54) is 6.20 Å². The molecule has 0 aliphatic heterocycles. The van der Waals surface area contributed by atoms with E-state index in [2.05, 4.69) is 9.97 Å². The normalized spacial score (nSPS) is 10.2. The van der Waals surface area contributed by atoms with Crippen LogP contribution in [0, 0.1) is 6.92 Å². The molecule has 88 valence electrons. The molecule has 0 radical (unpaired) electrons. The largest absolute Gasteiger partial charge is 0.496 e. The van der Waals surface area contributed by atoms with Crippen molar-refractivity contribution < 1.29 is 4.74 Å². The van der Waals surface area contributed by atoms with E-state index in [0.717, 1.165) is 16.9 Å². The summed E-state index contributed by atoms with van der Waals surface area (Å²) in [5.74, 6) is 0.759. The third kappa shape index (κ3) is 2.13. The molecular weight excluding hydrogens is 220 g/mol. The van der Waals surface area contributed by atoms with Gasteiger partial charge in [-0.15, -0.1) is 0 Å². The van der Waals surface area contributed by atoms with Gasteiger partial charge < -0.3 is 9.72 Å². The van der Waals surface area contributed by atoms with Crippen molar-refractivity contribution in [2.45, 2.75) is 6.92 Å². The first-order valence-electron chi connectivity index (χ1n) is 5.09. The molecule has 0 atom stereocenters. The molecule has 2 rings (SSSR count). The van der Waals surface area contributed by atoms with Crippen molar-refractivity contribution in [1.82, 2.24) is 9.97 Å². The summed E-state index contributed by atoms with van der Waals surface area (Å²) in [5, 5.41) is 0. The van der Waals surface area contributed by atoms with Crippen molar-refractivity contribution in [3.05, 3.63) is 50.8 Å². The maximum Gasteiger partial charge on any atom is 0.325 e. The molecule has 5 nitrogen and oxygen atoms in total. The third-order valence-corrected chi connectivity index (χ3v) is 2.53. The summed E-state index contributed by atoms with van der Waals surface area (Å²) in [6, 6.07) is 5.39. The molecule has 0 unspecified atom stereocenters. The molecule has 0 saturated heterocycles. The minimum absolute atomic E-state index is 0.404. The van der Waals surface area contributed by atoms with Crippen molar-refractivity contribution in [1.29, 1.82) is 0 Å². The smallest absolute Gasteiger partial charge is 0.325 e. The third-order valence-electron chi connectivity index (χ3n) is 2.53. The minimum Gasteiger partial charge on any atom is -0.496 e. The number of aromatic amines is 2. The quantitative estimate of drug-likeness (QED) is 0.812. The Morgan fingerprint density at radius 1 is 1.24 bits per heavy atom. The molecule has 5 heteroatoms. The predicted molar refractivity (Wildman–Crippen MR) is 64.4 cm³/mol. The number of hydrogen-bond donors (Lipinski definition) is 2. The Kier molecular flexibility index (Phi) is 2.82. The van der Waals surface area contributed by atoms with E-state index in [4.69, 9.17) is 4.74 Å². The zero-order chi connectivity index (χ0) is 12.4. The van der Waals surface area contributed by atoms with E-state index in [1.807, 2.05) is 13.0 Å². The van der Waals surface area contributed by atoms with Crippen LogP contribution in [0.2, 0.25) is 0 Å². The molecule has 1 heterocycles. The molecule has 1 aromatic carbocycles. The summed E-state index contributed by atoms with van der Waals surface area (Å²) < 4.78 is 5.14. The number of nitrogens with one attached hydrogen (secondary N) is 2. The van der Waals surface area contributed by atoms with Gasteiger partial charge in [0.15, 0.2) is 0 Å². The molecule has 17 heavy (non-hydrogen) atoms.